The Labute approximate surface area is 122 Å². The summed E-state index contributed by atoms with van der Waals surface area (Å²) in [4.78, 5) is 7.86. The summed E-state index contributed by atoms with van der Waals surface area (Å²) in [5.41, 5.74) is 4.55. The molecule has 0 aliphatic carbocycles. The SMILES string of the molecule is NNc1ncc(Br)cc1S(=O)(=O)NCc1cscn1. The molecule has 0 aliphatic heterocycles. The Kier molecular flexibility index (Phi) is 4.47. The zero-order valence-electron chi connectivity index (χ0n) is 9.50. The van der Waals surface area contributed by atoms with Crippen LogP contribution in [0.2, 0.25) is 0 Å². The molecule has 0 aromatic carbocycles. The van der Waals surface area contributed by atoms with Gasteiger partial charge < -0.3 is 5.43 Å². The summed E-state index contributed by atoms with van der Waals surface area (Å²) < 4.78 is 27.3. The molecule has 2 heterocycles. The van der Waals surface area contributed by atoms with Crippen molar-refractivity contribution >= 4 is 43.1 Å². The third kappa shape index (κ3) is 3.48. The van der Waals surface area contributed by atoms with E-state index in [2.05, 4.69) is 36.0 Å². The first-order valence-corrected chi connectivity index (χ1v) is 8.24. The van der Waals surface area contributed by atoms with Gasteiger partial charge in [0.05, 0.1) is 17.7 Å². The fraction of sp³-hybridized carbons (Fsp3) is 0.111. The summed E-state index contributed by atoms with van der Waals surface area (Å²) in [6.07, 6.45) is 1.45. The van der Waals surface area contributed by atoms with E-state index in [0.717, 1.165) is 0 Å². The van der Waals surface area contributed by atoms with E-state index in [4.69, 9.17) is 5.84 Å². The molecule has 0 radical (unpaired) electrons. The molecule has 7 nitrogen and oxygen atoms in total. The Balaban J connectivity index is 2.26. The van der Waals surface area contributed by atoms with E-state index < -0.39 is 10.0 Å². The first-order valence-electron chi connectivity index (χ1n) is 5.02. The molecule has 0 saturated carbocycles. The number of hydrazine groups is 1. The van der Waals surface area contributed by atoms with Crippen LogP contribution in [0.15, 0.2) is 32.5 Å². The molecule has 4 N–H and O–H groups in total. The van der Waals surface area contributed by atoms with Gasteiger partial charge >= 0.3 is 0 Å². The third-order valence-electron chi connectivity index (χ3n) is 2.17. The van der Waals surface area contributed by atoms with Crippen LogP contribution >= 0.6 is 27.3 Å². The van der Waals surface area contributed by atoms with E-state index in [0.29, 0.717) is 10.2 Å². The van der Waals surface area contributed by atoms with Gasteiger partial charge in [-0.3, -0.25) is 0 Å². The first-order chi connectivity index (χ1) is 9.03. The van der Waals surface area contributed by atoms with Crippen molar-refractivity contribution in [3.63, 3.8) is 0 Å². The van der Waals surface area contributed by atoms with E-state index in [9.17, 15) is 8.42 Å². The van der Waals surface area contributed by atoms with Gasteiger partial charge in [-0.25, -0.2) is 29.0 Å². The number of thiazole rings is 1. The number of aromatic nitrogens is 2. The van der Waals surface area contributed by atoms with Crippen molar-refractivity contribution in [2.24, 2.45) is 5.84 Å². The minimum Gasteiger partial charge on any atom is -0.307 e. The average molecular weight is 364 g/mol. The van der Waals surface area contributed by atoms with Gasteiger partial charge in [0, 0.05) is 16.0 Å². The first kappa shape index (κ1) is 14.3. The van der Waals surface area contributed by atoms with Crippen LogP contribution in [0.4, 0.5) is 5.82 Å². The average Bonchev–Trinajstić information content (AvgIpc) is 2.89. The van der Waals surface area contributed by atoms with E-state index in [1.165, 1.54) is 23.6 Å². The molecule has 2 rings (SSSR count). The van der Waals surface area contributed by atoms with Crippen molar-refractivity contribution in [3.05, 3.63) is 33.3 Å². The van der Waals surface area contributed by atoms with Crippen molar-refractivity contribution in [2.45, 2.75) is 11.4 Å². The standard InChI is InChI=1S/C9H10BrN5O2S2/c10-6-1-8(9(15-11)12-2-6)19(16,17)14-3-7-4-18-5-13-7/h1-2,4-5,14H,3,11H2,(H,12,15). The topological polar surface area (TPSA) is 110 Å². The number of nitrogen functional groups attached to an aromatic ring is 1. The highest BCUT2D eigenvalue weighted by Crippen LogP contribution is 2.22. The van der Waals surface area contributed by atoms with Gasteiger partial charge in [-0.2, -0.15) is 0 Å². The molecule has 0 saturated heterocycles. The maximum atomic E-state index is 12.2. The van der Waals surface area contributed by atoms with Crippen molar-refractivity contribution < 1.29 is 8.42 Å². The van der Waals surface area contributed by atoms with E-state index >= 15 is 0 Å². The molecule has 0 amide bonds. The van der Waals surface area contributed by atoms with Gasteiger partial charge in [0.25, 0.3) is 0 Å². The number of nitrogens with zero attached hydrogens (tertiary/aromatic N) is 2. The molecule has 0 bridgehead atoms. The number of rotatable bonds is 5. The quantitative estimate of drug-likeness (QED) is 0.541. The number of anilines is 1. The summed E-state index contributed by atoms with van der Waals surface area (Å²) in [7, 11) is -3.72. The van der Waals surface area contributed by atoms with Crippen LogP contribution in [0.3, 0.4) is 0 Å². The summed E-state index contributed by atoms with van der Waals surface area (Å²) in [5, 5.41) is 1.77. The normalized spacial score (nSPS) is 11.5. The summed E-state index contributed by atoms with van der Waals surface area (Å²) in [6, 6.07) is 1.42. The molecular formula is C9H10BrN5O2S2. The lowest BCUT2D eigenvalue weighted by Crippen LogP contribution is -2.25. The molecule has 102 valence electrons. The second-order valence-corrected chi connectivity index (χ2v) is 6.82. The van der Waals surface area contributed by atoms with E-state index in [1.807, 2.05) is 0 Å². The van der Waals surface area contributed by atoms with Gasteiger partial charge in [0.2, 0.25) is 10.0 Å². The Morgan fingerprint density at radius 3 is 2.84 bits per heavy atom. The number of nitrogens with two attached hydrogens (primary N) is 1. The van der Waals surface area contributed by atoms with Crippen LogP contribution in [0.1, 0.15) is 5.69 Å². The Morgan fingerprint density at radius 1 is 1.42 bits per heavy atom. The molecule has 2 aromatic rings. The number of sulfonamides is 1. The molecule has 10 heteroatoms. The maximum absolute atomic E-state index is 12.2. The zero-order valence-corrected chi connectivity index (χ0v) is 12.7. The second kappa shape index (κ2) is 5.92. The van der Waals surface area contributed by atoms with E-state index in [-0.39, 0.29) is 17.3 Å². The zero-order chi connectivity index (χ0) is 13.9. The van der Waals surface area contributed by atoms with Crippen LogP contribution in [0, 0.1) is 0 Å². The van der Waals surface area contributed by atoms with Crippen molar-refractivity contribution in [2.75, 3.05) is 5.43 Å². The number of hydrogen-bond acceptors (Lipinski definition) is 7. The largest absolute Gasteiger partial charge is 0.307 e. The van der Waals surface area contributed by atoms with Crippen LogP contribution in [0.5, 0.6) is 0 Å². The van der Waals surface area contributed by atoms with Gasteiger partial charge in [-0.1, -0.05) is 0 Å². The highest BCUT2D eigenvalue weighted by Gasteiger charge is 2.20. The maximum Gasteiger partial charge on any atom is 0.244 e. The predicted molar refractivity (Wildman–Crippen MR) is 75.9 cm³/mol. The van der Waals surface area contributed by atoms with Gasteiger partial charge in [-0.05, 0) is 22.0 Å². The molecule has 0 spiro atoms. The molecule has 19 heavy (non-hydrogen) atoms. The van der Waals surface area contributed by atoms with Crippen molar-refractivity contribution in [1.29, 1.82) is 0 Å². The molecule has 0 aliphatic rings. The molecule has 2 aromatic heterocycles. The van der Waals surface area contributed by atoms with Crippen molar-refractivity contribution in [3.8, 4) is 0 Å². The summed E-state index contributed by atoms with van der Waals surface area (Å²) in [6.45, 7) is 0.113. The molecular weight excluding hydrogens is 354 g/mol. The second-order valence-electron chi connectivity index (χ2n) is 3.45. The third-order valence-corrected chi connectivity index (χ3v) is 4.66. The summed E-state index contributed by atoms with van der Waals surface area (Å²) >= 11 is 4.57. The van der Waals surface area contributed by atoms with E-state index in [1.54, 1.807) is 10.9 Å². The van der Waals surface area contributed by atoms with Gasteiger partial charge in [-0.15, -0.1) is 11.3 Å². The molecule has 0 fully saturated rings. The van der Waals surface area contributed by atoms with Crippen LogP contribution in [-0.2, 0) is 16.6 Å². The van der Waals surface area contributed by atoms with Gasteiger partial charge in [0.1, 0.15) is 4.90 Å². The smallest absolute Gasteiger partial charge is 0.244 e. The minimum atomic E-state index is -3.72. The minimum absolute atomic E-state index is 0.0281. The number of halogens is 1. The fourth-order valence-electron chi connectivity index (χ4n) is 1.31. The Hall–Kier alpha value is -1.07. The number of pyridine rings is 1. The predicted octanol–water partition coefficient (Wildman–Crippen LogP) is 1.06. The Morgan fingerprint density at radius 2 is 2.21 bits per heavy atom. The highest BCUT2D eigenvalue weighted by atomic mass is 79.9. The lowest BCUT2D eigenvalue weighted by Gasteiger charge is -2.09. The molecule has 0 unspecified atom stereocenters. The highest BCUT2D eigenvalue weighted by molar-refractivity contribution is 9.10. The Bertz CT molecular complexity index is 659. The lowest BCUT2D eigenvalue weighted by molar-refractivity contribution is 0.580. The monoisotopic (exact) mass is 363 g/mol. The van der Waals surface area contributed by atoms with Crippen molar-refractivity contribution in [1.82, 2.24) is 14.7 Å². The van der Waals surface area contributed by atoms with Crippen LogP contribution < -0.4 is 16.0 Å². The molecule has 0 atom stereocenters. The number of nitrogens with one attached hydrogen (secondary N) is 2. The van der Waals surface area contributed by atoms with Crippen LogP contribution in [-0.4, -0.2) is 18.4 Å². The number of hydrogen-bond donors (Lipinski definition) is 3. The lowest BCUT2D eigenvalue weighted by atomic mass is 10.5. The fourth-order valence-corrected chi connectivity index (χ4v) is 3.49. The van der Waals surface area contributed by atoms with Gasteiger partial charge in [0.15, 0.2) is 5.82 Å². The summed E-state index contributed by atoms with van der Waals surface area (Å²) in [5.74, 6) is 5.34. The van der Waals surface area contributed by atoms with Crippen LogP contribution in [0.25, 0.3) is 0 Å².